The van der Waals surface area contributed by atoms with Gasteiger partial charge in [0.25, 0.3) is 0 Å². The number of unbranched alkanes of at least 4 members (excludes halogenated alkanes) is 7. The van der Waals surface area contributed by atoms with Gasteiger partial charge in [-0.1, -0.05) is 274 Å². The van der Waals surface area contributed by atoms with Crippen LogP contribution in [0.25, 0.3) is 131 Å². The number of nitrogens with zero attached hydrogens (tertiary/aromatic N) is 6. The molecule has 0 atom stereocenters. The normalized spacial score (nSPS) is 10.2. The van der Waals surface area contributed by atoms with Gasteiger partial charge >= 0.3 is 0 Å². The van der Waals surface area contributed by atoms with E-state index in [0.29, 0.717) is 0 Å². The Morgan fingerprint density at radius 1 is 0.326 bits per heavy atom. The first-order valence-corrected chi connectivity index (χ1v) is 44.4. The maximum Gasteiger partial charge on any atom is 0.137 e. The molecule has 0 unspecified atom stereocenters. The fourth-order valence-corrected chi connectivity index (χ4v) is 15.5. The fraction of sp³-hybridized carbons (Fsp3) is 0.200. The molecule has 0 saturated carbocycles. The Morgan fingerprint density at radius 3 is 1.24 bits per heavy atom. The van der Waals surface area contributed by atoms with Gasteiger partial charge in [-0.05, 0) is 157 Å². The van der Waals surface area contributed by atoms with Gasteiger partial charge in [0.2, 0.25) is 0 Å². The average Bonchev–Trinajstić information content (AvgIpc) is 1.65. The molecular formula is C115H108Ir5N6O2S-6. The third-order valence-corrected chi connectivity index (χ3v) is 22.2. The smallest absolute Gasteiger partial charge is 0.137 e. The van der Waals surface area contributed by atoms with Gasteiger partial charge < -0.3 is 24.9 Å². The Balaban J connectivity index is 0.000000210. The molecule has 7 heterocycles. The molecule has 0 amide bonds. The molecule has 0 aliphatic rings. The number of Topliss-reactive ketones (excluding diaryl/α,β-unsaturated/α-hetero) is 2. The van der Waals surface area contributed by atoms with Crippen molar-refractivity contribution in [3.63, 3.8) is 0 Å². The molecule has 0 spiro atoms. The van der Waals surface area contributed by atoms with Crippen LogP contribution >= 0.6 is 11.3 Å². The molecule has 0 bridgehead atoms. The molecule has 5 radical (unpaired) electrons. The summed E-state index contributed by atoms with van der Waals surface area (Å²) < 4.78 is 1.26. The SMILES string of the molecule is CC(=O)CC(C)=O.CCCCCCc1c[c-]c(-c2nccc3ccccc23)cc1.CCCCCCc1ccc(-c2cc[c-]c(-c3nc4ccccc4cc3C)c2)cc1.CCCCc1c[c-]c(-c2nccc3ccccc23)cc1.CCCc1c[c-]c(-c2nccc3ccccc23)cc1.[Ir].[Ir].[Ir].[Ir].[Ir].[c-]1c(-c2ccccn2)sc2ccccc12.[c-]1ccccc1-c1ccccn1. The van der Waals surface area contributed by atoms with Crippen LogP contribution in [0, 0.1) is 43.3 Å². The van der Waals surface area contributed by atoms with Crippen LogP contribution in [0.2, 0.25) is 0 Å². The van der Waals surface area contributed by atoms with E-state index in [9.17, 15) is 9.59 Å². The van der Waals surface area contributed by atoms with E-state index in [1.807, 2.05) is 110 Å². The van der Waals surface area contributed by atoms with E-state index >= 15 is 0 Å². The molecule has 0 N–H and O–H groups in total. The first-order valence-electron chi connectivity index (χ1n) is 43.6. The van der Waals surface area contributed by atoms with E-state index in [4.69, 9.17) is 4.98 Å². The summed E-state index contributed by atoms with van der Waals surface area (Å²) in [6.45, 7) is 13.9. The second-order valence-electron chi connectivity index (χ2n) is 30.8. The van der Waals surface area contributed by atoms with Gasteiger partial charge in [0.05, 0.1) is 11.9 Å². The largest absolute Gasteiger partial charge is 0.305 e. The molecule has 8 nitrogen and oxygen atoms in total. The summed E-state index contributed by atoms with van der Waals surface area (Å²) in [5.74, 6) is -0.125. The number of rotatable bonds is 24. The second kappa shape index (κ2) is 57.8. The maximum atomic E-state index is 10.0. The second-order valence-corrected chi connectivity index (χ2v) is 31.9. The number of fused-ring (bicyclic) bond motifs is 5. The van der Waals surface area contributed by atoms with Crippen molar-refractivity contribution in [1.29, 1.82) is 0 Å². The molecule has 0 aliphatic heterocycles. The quantitative estimate of drug-likeness (QED) is 0.0334. The number of hydrogen-bond acceptors (Lipinski definition) is 9. The zero-order valence-electron chi connectivity index (χ0n) is 74.1. The first-order chi connectivity index (χ1) is 60.9. The first kappa shape index (κ1) is 106. The van der Waals surface area contributed by atoms with E-state index in [1.165, 1.54) is 178 Å². The molecule has 0 saturated heterocycles. The number of thiophene rings is 1. The zero-order chi connectivity index (χ0) is 86.3. The molecule has 667 valence electrons. The third kappa shape index (κ3) is 32.8. The van der Waals surface area contributed by atoms with Crippen molar-refractivity contribution in [2.24, 2.45) is 0 Å². The van der Waals surface area contributed by atoms with Crippen LogP contribution in [0.1, 0.15) is 146 Å². The van der Waals surface area contributed by atoms with Crippen molar-refractivity contribution >= 4 is 76.2 Å². The number of aryl methyl sites for hydroxylation is 5. The van der Waals surface area contributed by atoms with Crippen LogP contribution in [0.5, 0.6) is 0 Å². The molecule has 11 aromatic carbocycles. The van der Waals surface area contributed by atoms with Crippen LogP contribution in [0.4, 0.5) is 0 Å². The fourth-order valence-electron chi connectivity index (χ4n) is 14.6. The Labute approximate surface area is 835 Å². The summed E-state index contributed by atoms with van der Waals surface area (Å²) in [7, 11) is 0. The molecule has 18 rings (SSSR count). The number of benzene rings is 11. The van der Waals surface area contributed by atoms with Gasteiger partial charge in [-0.15, -0.1) is 201 Å². The summed E-state index contributed by atoms with van der Waals surface area (Å²) in [6.07, 6.45) is 28.0. The topological polar surface area (TPSA) is 111 Å². The van der Waals surface area contributed by atoms with E-state index in [1.54, 1.807) is 17.5 Å². The monoisotopic (exact) mass is 2600 g/mol. The Kier molecular flexibility index (Phi) is 47.5. The number of aromatic nitrogens is 6. The molecule has 14 heteroatoms. The summed E-state index contributed by atoms with van der Waals surface area (Å²) >= 11 is 1.73. The Morgan fingerprint density at radius 2 is 0.775 bits per heavy atom. The molecule has 129 heavy (non-hydrogen) atoms. The third-order valence-electron chi connectivity index (χ3n) is 21.1. The van der Waals surface area contributed by atoms with Gasteiger partial charge in [-0.25, -0.2) is 11.3 Å². The Hall–Kier alpha value is -10.1. The van der Waals surface area contributed by atoms with Gasteiger partial charge in [-0.3, -0.25) is 14.6 Å². The van der Waals surface area contributed by atoms with Crippen LogP contribution < -0.4 is 0 Å². The molecule has 7 aromatic heterocycles. The molecular weight excluding hydrogens is 2490 g/mol. The zero-order valence-corrected chi connectivity index (χ0v) is 86.9. The predicted octanol–water partition coefficient (Wildman–Crippen LogP) is 30.2. The van der Waals surface area contributed by atoms with Crippen molar-refractivity contribution < 1.29 is 110 Å². The van der Waals surface area contributed by atoms with E-state index in [2.05, 4.69) is 314 Å². The summed E-state index contributed by atoms with van der Waals surface area (Å²) in [4.78, 5) is 48.2. The average molecular weight is 2600 g/mol. The van der Waals surface area contributed by atoms with Crippen molar-refractivity contribution in [2.75, 3.05) is 0 Å². The number of pyridine rings is 6. The number of para-hydroxylation sites is 1. The number of ketones is 2. The number of carbonyl (C=O) groups is 2. The molecule has 0 aliphatic carbocycles. The summed E-state index contributed by atoms with van der Waals surface area (Å²) in [5.41, 5.74) is 21.5. The van der Waals surface area contributed by atoms with Crippen molar-refractivity contribution in [3.8, 4) is 78.0 Å². The van der Waals surface area contributed by atoms with Gasteiger partial charge in [0, 0.05) is 137 Å². The van der Waals surface area contributed by atoms with Crippen LogP contribution in [-0.2, 0) is 136 Å². The summed E-state index contributed by atoms with van der Waals surface area (Å²) in [6, 6.07) is 124. The number of hydrogen-bond donors (Lipinski definition) is 0. The van der Waals surface area contributed by atoms with Gasteiger partial charge in [0.1, 0.15) is 11.6 Å². The van der Waals surface area contributed by atoms with Crippen LogP contribution in [-0.4, -0.2) is 41.5 Å². The minimum Gasteiger partial charge on any atom is -0.305 e. The van der Waals surface area contributed by atoms with E-state index < -0.39 is 0 Å². The van der Waals surface area contributed by atoms with Crippen LogP contribution in [0.3, 0.4) is 0 Å². The number of carbonyl (C=O) groups excluding carboxylic acids is 2. The predicted molar refractivity (Wildman–Crippen MR) is 521 cm³/mol. The molecule has 0 fully saturated rings. The minimum absolute atomic E-state index is 0. The summed E-state index contributed by atoms with van der Waals surface area (Å²) in [5, 5.41) is 9.58. The van der Waals surface area contributed by atoms with E-state index in [-0.39, 0.29) is 119 Å². The van der Waals surface area contributed by atoms with Gasteiger partial charge in [-0.2, -0.15) is 0 Å². The minimum atomic E-state index is -0.0625. The Bertz CT molecular complexity index is 6230. The maximum absolute atomic E-state index is 10.0. The van der Waals surface area contributed by atoms with Crippen molar-refractivity contribution in [1.82, 2.24) is 29.9 Å². The van der Waals surface area contributed by atoms with Gasteiger partial charge in [0.15, 0.2) is 0 Å². The standard InChI is InChI=1S/C28H28N.C21H22N.C19H18N.C18H16N.C13H8NS.C11H8N.C5H8O2.5Ir/c1-3-4-5-6-10-22-15-17-23(18-16-22)24-12-9-13-26(20-24)28-21(2)19-25-11-7-8-14-27(25)29-28;1-2-3-4-5-8-17-11-13-19(14-12-17)21-20-10-7-6-9-18(20)15-16-22-21;1-2-3-6-15-9-11-17(12-10-15)19-18-8-5-4-7-16(18)13-14-20-19;1-2-5-14-8-10-16(11-9-14)18-17-7-4-3-6-15(17)12-13-19-18;1-2-7-12-10(5-1)9-13(15-12)11-6-3-4-8-14-11;1-2-6-10(7-3-1)11-8-4-5-9-12-11;1-4(6)3-5(2)7;;;;;/h7-9,11-12,14-20H,3-6,10H2,1-2H3;6-7,9-13,15-16H,2-5,8H2,1H3;4-5,7-11,13-14H,2-3,6H2,1H3;3-4,6-10,12-13H,2,5H2,1H3;1-8H;1-6,8-9H;3H2,1-2H3;;;;;/q6*-1;;;;;;. The van der Waals surface area contributed by atoms with Crippen molar-refractivity contribution in [2.45, 2.75) is 151 Å². The van der Waals surface area contributed by atoms with Crippen LogP contribution in [0.15, 0.2) is 334 Å². The van der Waals surface area contributed by atoms with E-state index in [0.717, 1.165) is 91.6 Å². The van der Waals surface area contributed by atoms with Crippen molar-refractivity contribution in [3.05, 3.63) is 399 Å². The molecule has 18 aromatic rings.